The molecule has 6 aromatic carbocycles. The van der Waals surface area contributed by atoms with Gasteiger partial charge >= 0.3 is 0 Å². The van der Waals surface area contributed by atoms with Crippen molar-refractivity contribution in [2.75, 3.05) is 0 Å². The Morgan fingerprint density at radius 2 is 0.980 bits per heavy atom. The number of nitrogens with zero attached hydrogens (tertiary/aromatic N) is 2. The lowest BCUT2D eigenvalue weighted by atomic mass is 9.97. The van der Waals surface area contributed by atoms with Gasteiger partial charge in [0.2, 0.25) is 0 Å². The molecule has 51 heavy (non-hydrogen) atoms. The number of aryl methyl sites for hydroxylation is 6. The van der Waals surface area contributed by atoms with E-state index in [1.54, 1.807) is 0 Å². The Labute approximate surface area is 299 Å². The zero-order valence-electron chi connectivity index (χ0n) is 30.1. The summed E-state index contributed by atoms with van der Waals surface area (Å²) in [6.45, 7) is 12.5. The lowest BCUT2D eigenvalue weighted by molar-refractivity contribution is 0.576. The van der Waals surface area contributed by atoms with Crippen LogP contribution in [0.4, 0.5) is 0 Å². The van der Waals surface area contributed by atoms with Crippen LogP contribution in [0.5, 0.6) is 0 Å². The minimum Gasteiger partial charge on any atom is -0.460 e. The molecular weight excluding hydrogens is 621 g/mol. The predicted molar refractivity (Wildman–Crippen MR) is 212 cm³/mol. The molecule has 0 aliphatic heterocycles. The van der Waals surface area contributed by atoms with Gasteiger partial charge in [-0.2, -0.15) is 0 Å². The van der Waals surface area contributed by atoms with E-state index in [9.17, 15) is 0 Å². The van der Waals surface area contributed by atoms with Gasteiger partial charge in [0.1, 0.15) is 11.3 Å². The minimum absolute atomic E-state index is 0.963. The van der Waals surface area contributed by atoms with Crippen molar-refractivity contribution in [2.24, 2.45) is 0 Å². The van der Waals surface area contributed by atoms with Gasteiger partial charge in [-0.1, -0.05) is 114 Å². The molecule has 8 aromatic rings. The van der Waals surface area contributed by atoms with Crippen LogP contribution in [0.25, 0.3) is 66.5 Å². The number of rotatable bonds is 2. The molecule has 0 saturated heterocycles. The van der Waals surface area contributed by atoms with Gasteiger partial charge in [0.05, 0.1) is 22.4 Å². The highest BCUT2D eigenvalue weighted by Crippen LogP contribution is 2.42. The van der Waals surface area contributed by atoms with Gasteiger partial charge in [0.15, 0.2) is 0 Å². The summed E-state index contributed by atoms with van der Waals surface area (Å²) < 4.78 is 6.08. The first-order valence-electron chi connectivity index (χ1n) is 17.9. The first-order valence-corrected chi connectivity index (χ1v) is 17.9. The van der Waals surface area contributed by atoms with Gasteiger partial charge in [-0.25, -0.2) is 9.97 Å². The molecule has 3 heteroatoms. The summed E-state index contributed by atoms with van der Waals surface area (Å²) in [4.78, 5) is 9.55. The number of hydrogen-bond acceptors (Lipinski definition) is 3. The van der Waals surface area contributed by atoms with Crippen LogP contribution in [0.2, 0.25) is 0 Å². The number of hydrogen-bond donors (Lipinski definition) is 0. The van der Waals surface area contributed by atoms with E-state index in [0.29, 0.717) is 0 Å². The van der Waals surface area contributed by atoms with E-state index in [2.05, 4.69) is 124 Å². The average Bonchev–Trinajstić information content (AvgIpc) is 3.77. The van der Waals surface area contributed by atoms with Crippen LogP contribution in [0.1, 0.15) is 56.1 Å². The Bertz CT molecular complexity index is 2710. The van der Waals surface area contributed by atoms with Gasteiger partial charge in [0.25, 0.3) is 0 Å². The molecule has 0 N–H and O–H groups in total. The molecule has 0 atom stereocenters. The first kappa shape index (κ1) is 31.2. The highest BCUT2D eigenvalue weighted by atomic mass is 16.3. The number of aromatic nitrogens is 2. The van der Waals surface area contributed by atoms with Crippen molar-refractivity contribution in [2.45, 2.75) is 54.4 Å². The molecule has 0 amide bonds. The molecule has 3 nitrogen and oxygen atoms in total. The molecule has 2 aliphatic carbocycles. The molecule has 248 valence electrons. The van der Waals surface area contributed by atoms with Crippen molar-refractivity contribution in [3.63, 3.8) is 0 Å². The third-order valence-electron chi connectivity index (χ3n) is 11.0. The third-order valence-corrected chi connectivity index (χ3v) is 11.0. The second-order valence-electron chi connectivity index (χ2n) is 14.5. The van der Waals surface area contributed by atoms with Crippen molar-refractivity contribution < 1.29 is 4.42 Å². The summed E-state index contributed by atoms with van der Waals surface area (Å²) in [7, 11) is 0. The van der Waals surface area contributed by atoms with Crippen molar-refractivity contribution in [1.82, 2.24) is 9.97 Å². The molecular formula is C48H40N2O. The summed E-state index contributed by atoms with van der Waals surface area (Å²) in [5, 5.41) is 1.22. The molecule has 2 heterocycles. The van der Waals surface area contributed by atoms with Crippen molar-refractivity contribution in [3.8, 4) is 44.5 Å². The van der Waals surface area contributed by atoms with Crippen LogP contribution in [0, 0.1) is 41.5 Å². The topological polar surface area (TPSA) is 38.9 Å². The maximum atomic E-state index is 6.08. The Balaban J connectivity index is 0.000000137. The fourth-order valence-corrected chi connectivity index (χ4v) is 8.08. The highest BCUT2D eigenvalue weighted by molar-refractivity contribution is 5.96. The second-order valence-corrected chi connectivity index (χ2v) is 14.5. The number of benzene rings is 6. The second kappa shape index (κ2) is 11.9. The minimum atomic E-state index is 0.963. The lowest BCUT2D eigenvalue weighted by Crippen LogP contribution is -1.95. The molecule has 2 aromatic heterocycles. The maximum Gasteiger partial charge on any atom is 0.142 e. The standard InChI is InChI=1S/C24H20N2.C24H20O/c1-14-7-9-20-18(11-14)13-19-12-17(8-10-21(19)20)22-5-4-6-23-24(22)26-16(3)15(2)25-23;1-14-7-9-21-18(11-14)13-19-12-17(8-10-22(19)21)23-6-4-5-20-15(2)16(3)25-24(20)23/h4-12H,13H2,1-3H3;4-12H,13H2,1-3H3. The number of fused-ring (bicyclic) bond motifs is 8. The first-order chi connectivity index (χ1) is 24.7. The summed E-state index contributed by atoms with van der Waals surface area (Å²) >= 11 is 0. The molecule has 0 spiro atoms. The van der Waals surface area contributed by atoms with Crippen LogP contribution >= 0.6 is 0 Å². The molecule has 0 saturated carbocycles. The van der Waals surface area contributed by atoms with E-state index in [1.165, 1.54) is 83.3 Å². The fourth-order valence-electron chi connectivity index (χ4n) is 8.08. The predicted octanol–water partition coefficient (Wildman–Crippen LogP) is 12.4. The molecule has 2 aliphatic rings. The Hall–Kier alpha value is -5.80. The summed E-state index contributed by atoms with van der Waals surface area (Å²) in [5.74, 6) is 1.01. The van der Waals surface area contributed by atoms with Crippen LogP contribution in [-0.4, -0.2) is 9.97 Å². The summed E-state index contributed by atoms with van der Waals surface area (Å²) in [5.41, 5.74) is 24.8. The van der Waals surface area contributed by atoms with Gasteiger partial charge in [0, 0.05) is 16.5 Å². The number of furan rings is 1. The SMILES string of the molecule is Cc1ccc2c(c1)Cc1cc(-c3cccc4c(C)c(C)oc34)ccc1-2.Cc1ccc2c(c1)Cc1cc(-c3cccc4nc(C)c(C)nc34)ccc1-2. The number of para-hydroxylation sites is 2. The average molecular weight is 661 g/mol. The maximum absolute atomic E-state index is 6.08. The van der Waals surface area contributed by atoms with Crippen LogP contribution in [0.15, 0.2) is 114 Å². The van der Waals surface area contributed by atoms with Gasteiger partial charge in [-0.3, -0.25) is 0 Å². The smallest absolute Gasteiger partial charge is 0.142 e. The van der Waals surface area contributed by atoms with E-state index >= 15 is 0 Å². The van der Waals surface area contributed by atoms with Crippen LogP contribution in [-0.2, 0) is 12.8 Å². The Morgan fingerprint density at radius 3 is 1.61 bits per heavy atom. The molecule has 0 fully saturated rings. The quantitative estimate of drug-likeness (QED) is 0.185. The molecule has 0 unspecified atom stereocenters. The summed E-state index contributed by atoms with van der Waals surface area (Å²) in [6, 6.07) is 39.9. The van der Waals surface area contributed by atoms with Crippen molar-refractivity contribution >= 4 is 22.0 Å². The van der Waals surface area contributed by atoms with Crippen molar-refractivity contribution in [1.29, 1.82) is 0 Å². The monoisotopic (exact) mass is 660 g/mol. The van der Waals surface area contributed by atoms with Crippen LogP contribution < -0.4 is 0 Å². The molecule has 0 bridgehead atoms. The van der Waals surface area contributed by atoms with E-state index in [1.807, 2.05) is 26.8 Å². The zero-order chi connectivity index (χ0) is 35.0. The Morgan fingerprint density at radius 1 is 0.471 bits per heavy atom. The van der Waals surface area contributed by atoms with E-state index < -0.39 is 0 Å². The third kappa shape index (κ3) is 5.27. The summed E-state index contributed by atoms with van der Waals surface area (Å²) in [6.07, 6.45) is 2.03. The zero-order valence-corrected chi connectivity index (χ0v) is 30.1. The molecule has 10 rings (SSSR count). The van der Waals surface area contributed by atoms with E-state index in [0.717, 1.165) is 52.2 Å². The van der Waals surface area contributed by atoms with E-state index in [-0.39, 0.29) is 0 Å². The normalized spacial score (nSPS) is 12.4. The van der Waals surface area contributed by atoms with Crippen LogP contribution in [0.3, 0.4) is 0 Å². The highest BCUT2D eigenvalue weighted by Gasteiger charge is 2.21. The fraction of sp³-hybridized carbons (Fsp3) is 0.167. The van der Waals surface area contributed by atoms with Crippen molar-refractivity contribution in [3.05, 3.63) is 165 Å². The van der Waals surface area contributed by atoms with Gasteiger partial charge < -0.3 is 4.42 Å². The molecule has 0 radical (unpaired) electrons. The lowest BCUT2D eigenvalue weighted by Gasteiger charge is -2.10. The van der Waals surface area contributed by atoms with Gasteiger partial charge in [-0.05, 0) is 122 Å². The van der Waals surface area contributed by atoms with E-state index in [4.69, 9.17) is 14.4 Å². The Kier molecular flexibility index (Phi) is 7.29. The largest absolute Gasteiger partial charge is 0.460 e. The van der Waals surface area contributed by atoms with Gasteiger partial charge in [-0.15, -0.1) is 0 Å².